The molecule has 202 valence electrons. The molecule has 2 aromatic rings. The van der Waals surface area contributed by atoms with E-state index in [2.05, 4.69) is 9.50 Å². The van der Waals surface area contributed by atoms with Gasteiger partial charge in [-0.25, -0.2) is 0 Å². The van der Waals surface area contributed by atoms with Gasteiger partial charge in [0.25, 0.3) is 0 Å². The van der Waals surface area contributed by atoms with Crippen LogP contribution < -0.4 is 14.2 Å². The Balaban J connectivity index is 1.92. The first-order valence-corrected chi connectivity index (χ1v) is 12.8. The maximum atomic E-state index is 12.8. The molecule has 0 heterocycles. The van der Waals surface area contributed by atoms with Gasteiger partial charge in [-0.15, -0.1) is 0 Å². The van der Waals surface area contributed by atoms with Gasteiger partial charge in [-0.05, 0) is 68.9 Å². The predicted octanol–water partition coefficient (Wildman–Crippen LogP) is 4.66. The molecule has 2 N–H and O–H groups in total. The van der Waals surface area contributed by atoms with Crippen molar-refractivity contribution in [3.05, 3.63) is 40.5 Å². The van der Waals surface area contributed by atoms with Gasteiger partial charge in [0.05, 0.1) is 6.61 Å². The molecule has 0 aliphatic heterocycles. The number of anilines is 1. The number of carbonyl (C=O) groups is 2. The van der Waals surface area contributed by atoms with Gasteiger partial charge in [-0.2, -0.15) is 21.6 Å². The lowest BCUT2D eigenvalue weighted by atomic mass is 10.0. The van der Waals surface area contributed by atoms with E-state index in [0.29, 0.717) is 29.8 Å². The summed E-state index contributed by atoms with van der Waals surface area (Å²) < 4.78 is 76.1. The molecule has 3 rings (SSSR count). The molecule has 0 atom stereocenters. The summed E-state index contributed by atoms with van der Waals surface area (Å²) in [4.78, 5) is 23.9. The first kappa shape index (κ1) is 28.1. The fraction of sp³-hybridized carbons (Fsp3) is 0.417. The number of phenolic OH excluding ortho intramolecular Hbond substituents is 1. The standard InChI is InChI=1S/C24H26F3NO8S/c1-4-14-18(36-37(32,33)24(25,26)27)9-10-19(22(14)31)35-23-13(3)11-17(15-7-6-8-16(15)23)28-20(29)12-21(30)34-5-2/h9-11,31H,4-8,12H2,1-3H3,(H,28,29). The number of carbonyl (C=O) groups excluding carboxylic acids is 2. The van der Waals surface area contributed by atoms with E-state index in [1.54, 1.807) is 19.9 Å². The first-order chi connectivity index (χ1) is 17.3. The number of aryl methyl sites for hydroxylation is 1. The van der Waals surface area contributed by atoms with Crippen LogP contribution in [0.5, 0.6) is 23.0 Å². The third kappa shape index (κ3) is 6.09. The summed E-state index contributed by atoms with van der Waals surface area (Å²) in [5.74, 6) is -2.11. The molecule has 1 amide bonds. The van der Waals surface area contributed by atoms with E-state index in [0.717, 1.165) is 29.7 Å². The summed E-state index contributed by atoms with van der Waals surface area (Å²) in [7, 11) is -5.93. The van der Waals surface area contributed by atoms with Crippen molar-refractivity contribution in [1.29, 1.82) is 0 Å². The van der Waals surface area contributed by atoms with Crippen LogP contribution in [-0.4, -0.2) is 37.5 Å². The van der Waals surface area contributed by atoms with Crippen LogP contribution in [0.1, 0.15) is 48.9 Å². The maximum Gasteiger partial charge on any atom is 0.534 e. The average Bonchev–Trinajstić information content (AvgIpc) is 3.27. The summed E-state index contributed by atoms with van der Waals surface area (Å²) in [5, 5.41) is 13.4. The number of ether oxygens (including phenoxy) is 2. The van der Waals surface area contributed by atoms with Crippen LogP contribution in [0.15, 0.2) is 18.2 Å². The van der Waals surface area contributed by atoms with Crippen molar-refractivity contribution in [2.45, 2.75) is 58.4 Å². The smallest absolute Gasteiger partial charge is 0.504 e. The minimum Gasteiger partial charge on any atom is -0.504 e. The minimum absolute atomic E-state index is 0.0474. The van der Waals surface area contributed by atoms with E-state index in [4.69, 9.17) is 9.47 Å². The summed E-state index contributed by atoms with van der Waals surface area (Å²) in [6, 6.07) is 3.76. The van der Waals surface area contributed by atoms with Gasteiger partial charge in [0.15, 0.2) is 11.5 Å². The number of halogens is 3. The normalized spacial score (nSPS) is 13.1. The lowest BCUT2D eigenvalue weighted by Gasteiger charge is -2.19. The van der Waals surface area contributed by atoms with Gasteiger partial charge >= 0.3 is 21.6 Å². The highest BCUT2D eigenvalue weighted by Gasteiger charge is 2.49. The van der Waals surface area contributed by atoms with Crippen LogP contribution in [0.25, 0.3) is 0 Å². The van der Waals surface area contributed by atoms with E-state index in [9.17, 15) is 36.3 Å². The highest BCUT2D eigenvalue weighted by molar-refractivity contribution is 7.88. The average molecular weight is 546 g/mol. The number of amides is 1. The Hall–Kier alpha value is -3.48. The zero-order chi connectivity index (χ0) is 27.5. The topological polar surface area (TPSA) is 128 Å². The highest BCUT2D eigenvalue weighted by atomic mass is 32.2. The number of nitrogens with one attached hydrogen (secondary N) is 1. The molecular formula is C24H26F3NO8S. The van der Waals surface area contributed by atoms with Gasteiger partial charge < -0.3 is 24.1 Å². The van der Waals surface area contributed by atoms with Crippen molar-refractivity contribution in [3.63, 3.8) is 0 Å². The van der Waals surface area contributed by atoms with Crippen LogP contribution >= 0.6 is 0 Å². The highest BCUT2D eigenvalue weighted by Crippen LogP contribution is 2.45. The summed E-state index contributed by atoms with van der Waals surface area (Å²) in [6.07, 6.45) is 1.49. The SMILES string of the molecule is CCOC(=O)CC(=O)Nc1cc(C)c(Oc2ccc(OS(=O)(=O)C(F)(F)F)c(CC)c2O)c2c1CCC2. The number of fused-ring (bicyclic) bond motifs is 1. The van der Waals surface area contributed by atoms with E-state index < -0.39 is 45.4 Å². The molecule has 37 heavy (non-hydrogen) atoms. The molecule has 1 aliphatic carbocycles. The Morgan fingerprint density at radius 2 is 1.76 bits per heavy atom. The molecule has 0 saturated heterocycles. The molecule has 0 radical (unpaired) electrons. The number of aromatic hydroxyl groups is 1. The fourth-order valence-electron chi connectivity index (χ4n) is 4.06. The minimum atomic E-state index is -5.93. The molecule has 0 saturated carbocycles. The van der Waals surface area contributed by atoms with E-state index >= 15 is 0 Å². The third-order valence-electron chi connectivity index (χ3n) is 5.67. The number of benzene rings is 2. The molecule has 1 aliphatic rings. The zero-order valence-electron chi connectivity index (χ0n) is 20.3. The second kappa shape index (κ2) is 10.9. The van der Waals surface area contributed by atoms with Crippen molar-refractivity contribution >= 4 is 27.7 Å². The second-order valence-electron chi connectivity index (χ2n) is 8.24. The van der Waals surface area contributed by atoms with Gasteiger partial charge in [0, 0.05) is 16.8 Å². The van der Waals surface area contributed by atoms with Crippen molar-refractivity contribution in [3.8, 4) is 23.0 Å². The number of phenols is 1. The zero-order valence-corrected chi connectivity index (χ0v) is 21.1. The van der Waals surface area contributed by atoms with Crippen molar-refractivity contribution < 1.29 is 49.9 Å². The van der Waals surface area contributed by atoms with Crippen LogP contribution in [-0.2, 0) is 43.7 Å². The Morgan fingerprint density at radius 1 is 1.11 bits per heavy atom. The van der Waals surface area contributed by atoms with Crippen molar-refractivity contribution in [2.75, 3.05) is 11.9 Å². The molecule has 2 aromatic carbocycles. The van der Waals surface area contributed by atoms with Crippen LogP contribution in [0.2, 0.25) is 0 Å². The van der Waals surface area contributed by atoms with Crippen LogP contribution in [0, 0.1) is 6.92 Å². The second-order valence-corrected chi connectivity index (χ2v) is 9.78. The Kier molecular flexibility index (Phi) is 8.25. The van der Waals surface area contributed by atoms with Gasteiger partial charge in [0.2, 0.25) is 5.91 Å². The number of hydrogen-bond acceptors (Lipinski definition) is 8. The van der Waals surface area contributed by atoms with Gasteiger partial charge in [0.1, 0.15) is 17.9 Å². The summed E-state index contributed by atoms with van der Waals surface area (Å²) >= 11 is 0. The van der Waals surface area contributed by atoms with E-state index in [-0.39, 0.29) is 24.3 Å². The summed E-state index contributed by atoms with van der Waals surface area (Å²) in [5.41, 5.74) is -3.14. The molecule has 0 unspecified atom stereocenters. The molecule has 0 aromatic heterocycles. The first-order valence-electron chi connectivity index (χ1n) is 11.4. The Bertz CT molecular complexity index is 1320. The van der Waals surface area contributed by atoms with Crippen LogP contribution in [0.4, 0.5) is 18.9 Å². The quantitative estimate of drug-likeness (QED) is 0.202. The third-order valence-corrected chi connectivity index (χ3v) is 6.64. The van der Waals surface area contributed by atoms with Crippen molar-refractivity contribution in [1.82, 2.24) is 0 Å². The number of esters is 1. The van der Waals surface area contributed by atoms with E-state index in [1.807, 2.05) is 0 Å². The summed E-state index contributed by atoms with van der Waals surface area (Å²) in [6.45, 7) is 5.00. The molecule has 0 fully saturated rings. The maximum absolute atomic E-state index is 12.8. The van der Waals surface area contributed by atoms with Gasteiger partial charge in [-0.3, -0.25) is 9.59 Å². The Morgan fingerprint density at radius 3 is 2.38 bits per heavy atom. The molecule has 0 spiro atoms. The van der Waals surface area contributed by atoms with Gasteiger partial charge in [-0.1, -0.05) is 6.92 Å². The number of alkyl halides is 3. The molecule has 13 heteroatoms. The van der Waals surface area contributed by atoms with Crippen LogP contribution in [0.3, 0.4) is 0 Å². The molecular weight excluding hydrogens is 519 g/mol. The molecule has 9 nitrogen and oxygen atoms in total. The van der Waals surface area contributed by atoms with Crippen molar-refractivity contribution in [2.24, 2.45) is 0 Å². The number of hydrogen-bond donors (Lipinski definition) is 2. The monoisotopic (exact) mass is 545 g/mol. The fourth-order valence-corrected chi connectivity index (χ4v) is 4.55. The number of rotatable bonds is 9. The lowest BCUT2D eigenvalue weighted by Crippen LogP contribution is -2.28. The lowest BCUT2D eigenvalue weighted by molar-refractivity contribution is -0.145. The predicted molar refractivity (Wildman–Crippen MR) is 126 cm³/mol. The largest absolute Gasteiger partial charge is 0.534 e. The Labute approximate surface area is 211 Å². The molecule has 0 bridgehead atoms. The van der Waals surface area contributed by atoms with E-state index in [1.165, 1.54) is 6.92 Å².